The van der Waals surface area contributed by atoms with E-state index in [9.17, 15) is 4.79 Å². The van der Waals surface area contributed by atoms with Crippen molar-refractivity contribution in [1.82, 2.24) is 4.98 Å². The van der Waals surface area contributed by atoms with Gasteiger partial charge in [-0.3, -0.25) is 4.79 Å². The molecule has 0 bridgehead atoms. The molecule has 5 nitrogen and oxygen atoms in total. The molecule has 1 aromatic carbocycles. The van der Waals surface area contributed by atoms with Gasteiger partial charge in [-0.1, -0.05) is 18.2 Å². The van der Waals surface area contributed by atoms with E-state index in [1.54, 1.807) is 42.5 Å². The first kappa shape index (κ1) is 11.6. The minimum atomic E-state index is -0.398. The second-order valence-corrected chi connectivity index (χ2v) is 3.56. The Balaban J connectivity index is 2.25. The van der Waals surface area contributed by atoms with Gasteiger partial charge < -0.3 is 11.1 Å². The number of nitrogens with zero attached hydrogens (tertiary/aromatic N) is 2. The number of amides is 1. The van der Waals surface area contributed by atoms with Crippen molar-refractivity contribution in [2.75, 3.05) is 11.1 Å². The first-order valence-electron chi connectivity index (χ1n) is 5.23. The predicted molar refractivity (Wildman–Crippen MR) is 67.8 cm³/mol. The van der Waals surface area contributed by atoms with Gasteiger partial charge in [0.25, 0.3) is 5.91 Å². The third-order valence-electron chi connectivity index (χ3n) is 2.30. The summed E-state index contributed by atoms with van der Waals surface area (Å²) in [5, 5.41) is 11.5. The molecule has 2 rings (SSSR count). The standard InChI is InChI=1S/C13H10N4O/c14-8-9-4-1-2-5-10(9)17-13(18)11-6-3-7-12(15)16-11/h1-7H,(H2,15,16)(H,17,18). The number of anilines is 2. The van der Waals surface area contributed by atoms with Gasteiger partial charge in [0.1, 0.15) is 17.6 Å². The SMILES string of the molecule is N#Cc1ccccc1NC(=O)c1cccc(N)n1. The first-order valence-corrected chi connectivity index (χ1v) is 5.23. The van der Waals surface area contributed by atoms with Gasteiger partial charge in [-0.2, -0.15) is 5.26 Å². The molecule has 0 spiro atoms. The lowest BCUT2D eigenvalue weighted by Gasteiger charge is -2.06. The summed E-state index contributed by atoms with van der Waals surface area (Å²) in [6, 6.07) is 13.6. The summed E-state index contributed by atoms with van der Waals surface area (Å²) in [7, 11) is 0. The fourth-order valence-electron chi connectivity index (χ4n) is 1.45. The summed E-state index contributed by atoms with van der Waals surface area (Å²) in [5.41, 5.74) is 6.56. The maximum atomic E-state index is 11.9. The van der Waals surface area contributed by atoms with E-state index in [0.717, 1.165) is 0 Å². The number of carbonyl (C=O) groups excluding carboxylic acids is 1. The molecule has 1 amide bonds. The second-order valence-electron chi connectivity index (χ2n) is 3.56. The second kappa shape index (κ2) is 4.97. The Hall–Kier alpha value is -2.87. The molecule has 0 aliphatic rings. The summed E-state index contributed by atoms with van der Waals surface area (Å²) in [5.74, 6) is -0.124. The van der Waals surface area contributed by atoms with Crippen LogP contribution < -0.4 is 11.1 Å². The fourth-order valence-corrected chi connectivity index (χ4v) is 1.45. The highest BCUT2D eigenvalue weighted by Crippen LogP contribution is 2.14. The number of hydrogen-bond acceptors (Lipinski definition) is 4. The molecule has 0 saturated carbocycles. The van der Waals surface area contributed by atoms with Crippen LogP contribution in [-0.2, 0) is 0 Å². The van der Waals surface area contributed by atoms with E-state index in [-0.39, 0.29) is 11.5 Å². The zero-order valence-corrected chi connectivity index (χ0v) is 9.42. The molecule has 1 aromatic heterocycles. The molecule has 1 heterocycles. The van der Waals surface area contributed by atoms with E-state index < -0.39 is 5.91 Å². The highest BCUT2D eigenvalue weighted by molar-refractivity contribution is 6.03. The molecule has 0 fully saturated rings. The van der Waals surface area contributed by atoms with Gasteiger partial charge in [-0.15, -0.1) is 0 Å². The normalized spacial score (nSPS) is 9.50. The zero-order chi connectivity index (χ0) is 13.0. The molecule has 0 unspecified atom stereocenters. The molecular weight excluding hydrogens is 228 g/mol. The Morgan fingerprint density at radius 3 is 2.72 bits per heavy atom. The van der Waals surface area contributed by atoms with Crippen molar-refractivity contribution in [3.05, 3.63) is 53.7 Å². The van der Waals surface area contributed by atoms with Crippen LogP contribution in [0.1, 0.15) is 16.1 Å². The Kier molecular flexibility index (Phi) is 3.21. The van der Waals surface area contributed by atoms with Gasteiger partial charge in [-0.25, -0.2) is 4.98 Å². The van der Waals surface area contributed by atoms with Crippen LogP contribution in [0.5, 0.6) is 0 Å². The van der Waals surface area contributed by atoms with E-state index in [1.807, 2.05) is 6.07 Å². The van der Waals surface area contributed by atoms with Crippen LogP contribution in [0.3, 0.4) is 0 Å². The van der Waals surface area contributed by atoms with Crippen LogP contribution in [0.4, 0.5) is 11.5 Å². The van der Waals surface area contributed by atoms with Crippen molar-refractivity contribution >= 4 is 17.4 Å². The van der Waals surface area contributed by atoms with Crippen LogP contribution >= 0.6 is 0 Å². The van der Waals surface area contributed by atoms with Gasteiger partial charge in [0.05, 0.1) is 11.3 Å². The quantitative estimate of drug-likeness (QED) is 0.834. The summed E-state index contributed by atoms with van der Waals surface area (Å²) in [6.07, 6.45) is 0. The number of nitrogens with two attached hydrogens (primary N) is 1. The average Bonchev–Trinajstić information content (AvgIpc) is 2.39. The number of aromatic nitrogens is 1. The van der Waals surface area contributed by atoms with Crippen LogP contribution in [0, 0.1) is 11.3 Å². The number of pyridine rings is 1. The van der Waals surface area contributed by atoms with E-state index in [2.05, 4.69) is 10.3 Å². The lowest BCUT2D eigenvalue weighted by Crippen LogP contribution is -2.15. The Morgan fingerprint density at radius 2 is 2.00 bits per heavy atom. The monoisotopic (exact) mass is 238 g/mol. The molecule has 0 aliphatic carbocycles. The topological polar surface area (TPSA) is 91.8 Å². The average molecular weight is 238 g/mol. The molecule has 0 aliphatic heterocycles. The van der Waals surface area contributed by atoms with Crippen molar-refractivity contribution in [1.29, 1.82) is 5.26 Å². The summed E-state index contributed by atoms with van der Waals surface area (Å²) in [6.45, 7) is 0. The Morgan fingerprint density at radius 1 is 1.22 bits per heavy atom. The predicted octanol–water partition coefficient (Wildman–Crippen LogP) is 1.79. The highest BCUT2D eigenvalue weighted by atomic mass is 16.1. The minimum Gasteiger partial charge on any atom is -0.384 e. The van der Waals surface area contributed by atoms with Crippen LogP contribution in [-0.4, -0.2) is 10.9 Å². The molecule has 0 atom stereocenters. The number of carbonyl (C=O) groups is 1. The van der Waals surface area contributed by atoms with E-state index in [0.29, 0.717) is 11.3 Å². The Bertz CT molecular complexity index is 631. The number of nitrogen functional groups attached to an aromatic ring is 1. The third-order valence-corrected chi connectivity index (χ3v) is 2.30. The zero-order valence-electron chi connectivity index (χ0n) is 9.42. The van der Waals surface area contributed by atoms with Gasteiger partial charge in [-0.05, 0) is 24.3 Å². The molecule has 88 valence electrons. The fraction of sp³-hybridized carbons (Fsp3) is 0. The number of nitrogens with one attached hydrogen (secondary N) is 1. The number of benzene rings is 1. The molecule has 2 aromatic rings. The lowest BCUT2D eigenvalue weighted by atomic mass is 10.2. The van der Waals surface area contributed by atoms with Gasteiger partial charge >= 0.3 is 0 Å². The minimum absolute atomic E-state index is 0.211. The van der Waals surface area contributed by atoms with Gasteiger partial charge in [0.15, 0.2) is 0 Å². The van der Waals surface area contributed by atoms with Crippen LogP contribution in [0.25, 0.3) is 0 Å². The molecule has 0 saturated heterocycles. The summed E-state index contributed by atoms with van der Waals surface area (Å²) >= 11 is 0. The number of nitriles is 1. The van der Waals surface area contributed by atoms with Crippen LogP contribution in [0.15, 0.2) is 42.5 Å². The largest absolute Gasteiger partial charge is 0.384 e. The highest BCUT2D eigenvalue weighted by Gasteiger charge is 2.09. The summed E-state index contributed by atoms with van der Waals surface area (Å²) < 4.78 is 0. The number of hydrogen-bond donors (Lipinski definition) is 2. The molecule has 3 N–H and O–H groups in total. The van der Waals surface area contributed by atoms with E-state index >= 15 is 0 Å². The van der Waals surface area contributed by atoms with Crippen molar-refractivity contribution in [2.45, 2.75) is 0 Å². The maximum absolute atomic E-state index is 11.9. The number of rotatable bonds is 2. The molecular formula is C13H10N4O. The van der Waals surface area contributed by atoms with E-state index in [4.69, 9.17) is 11.0 Å². The Labute approximate surface area is 104 Å². The van der Waals surface area contributed by atoms with Gasteiger partial charge in [0, 0.05) is 0 Å². The van der Waals surface area contributed by atoms with Gasteiger partial charge in [0.2, 0.25) is 0 Å². The molecule has 0 radical (unpaired) electrons. The van der Waals surface area contributed by atoms with E-state index in [1.165, 1.54) is 0 Å². The molecule has 5 heteroatoms. The van der Waals surface area contributed by atoms with Crippen molar-refractivity contribution in [3.8, 4) is 6.07 Å². The maximum Gasteiger partial charge on any atom is 0.274 e. The molecule has 18 heavy (non-hydrogen) atoms. The van der Waals surface area contributed by atoms with Crippen molar-refractivity contribution in [3.63, 3.8) is 0 Å². The smallest absolute Gasteiger partial charge is 0.274 e. The number of para-hydroxylation sites is 1. The van der Waals surface area contributed by atoms with Crippen molar-refractivity contribution < 1.29 is 4.79 Å². The summed E-state index contributed by atoms with van der Waals surface area (Å²) in [4.78, 5) is 15.8. The third kappa shape index (κ3) is 2.44. The lowest BCUT2D eigenvalue weighted by molar-refractivity contribution is 0.102. The van der Waals surface area contributed by atoms with Crippen molar-refractivity contribution in [2.24, 2.45) is 0 Å². The first-order chi connectivity index (χ1) is 8.70. The van der Waals surface area contributed by atoms with Crippen LogP contribution in [0.2, 0.25) is 0 Å².